The van der Waals surface area contributed by atoms with E-state index in [9.17, 15) is 0 Å². The van der Waals surface area contributed by atoms with Crippen LogP contribution in [0, 0.1) is 6.42 Å². The van der Waals surface area contributed by atoms with E-state index < -0.39 is 0 Å². The van der Waals surface area contributed by atoms with Crippen LogP contribution in [0.4, 0.5) is 0 Å². The number of hydrogen-bond donors (Lipinski definition) is 0. The van der Waals surface area contributed by atoms with Crippen molar-refractivity contribution in [2.45, 2.75) is 0 Å². The highest BCUT2D eigenvalue weighted by Crippen LogP contribution is 1.83. The highest BCUT2D eigenvalue weighted by atomic mass is 13.7. The minimum Gasteiger partial charge on any atom is -0.0858 e. The van der Waals surface area contributed by atoms with E-state index in [0.29, 0.717) is 0 Å². The first-order valence-corrected chi connectivity index (χ1v) is 2.82. The molecule has 0 saturated carbocycles. The van der Waals surface area contributed by atoms with Crippen molar-refractivity contribution in [1.82, 2.24) is 0 Å². The molecule has 9 heavy (non-hydrogen) atoms. The molecule has 0 bridgehead atoms. The maximum atomic E-state index is 3.53. The molecular weight excluding hydrogens is 108 g/mol. The first kappa shape index (κ1) is 7.83. The molecular formula is C9H11+. The van der Waals surface area contributed by atoms with Gasteiger partial charge in [0.1, 0.15) is 0 Å². The lowest BCUT2D eigenvalue weighted by Crippen LogP contribution is -1.56. The van der Waals surface area contributed by atoms with E-state index in [-0.39, 0.29) is 0 Å². The third-order valence-corrected chi connectivity index (χ3v) is 0.717. The molecule has 0 nitrogen and oxygen atoms in total. The van der Waals surface area contributed by atoms with E-state index in [4.69, 9.17) is 0 Å². The molecule has 0 atom stereocenters. The van der Waals surface area contributed by atoms with Crippen molar-refractivity contribution in [2.75, 3.05) is 0 Å². The summed E-state index contributed by atoms with van der Waals surface area (Å²) in [5.41, 5.74) is 0. The summed E-state index contributed by atoms with van der Waals surface area (Å²) < 4.78 is 0. The fourth-order valence-electron chi connectivity index (χ4n) is 0.350. The smallest absolute Gasteiger partial charge is 0.0466 e. The van der Waals surface area contributed by atoms with Crippen LogP contribution in [0.2, 0.25) is 0 Å². The number of hydrogen-bond acceptors (Lipinski definition) is 0. The summed E-state index contributed by atoms with van der Waals surface area (Å²) in [5.74, 6) is 0. The maximum Gasteiger partial charge on any atom is 0.0466 e. The molecule has 0 heterocycles. The monoisotopic (exact) mass is 119 g/mol. The minimum atomic E-state index is 1.73. The molecule has 0 radical (unpaired) electrons. The highest BCUT2D eigenvalue weighted by molar-refractivity contribution is 5.15. The van der Waals surface area contributed by atoms with Crippen LogP contribution in [0.15, 0.2) is 49.6 Å². The Hall–Kier alpha value is -1.17. The number of allylic oxidation sites excluding steroid dienone is 6. The summed E-state index contributed by atoms with van der Waals surface area (Å²) in [6.45, 7) is 7.05. The highest BCUT2D eigenvalue weighted by Gasteiger charge is 1.73. The van der Waals surface area contributed by atoms with Crippen molar-refractivity contribution >= 4 is 0 Å². The lowest BCUT2D eigenvalue weighted by Gasteiger charge is -1.66. The summed E-state index contributed by atoms with van der Waals surface area (Å²) in [4.78, 5) is 0. The summed E-state index contributed by atoms with van der Waals surface area (Å²) in [6.07, 6.45) is 12.9. The van der Waals surface area contributed by atoms with Gasteiger partial charge >= 0.3 is 0 Å². The van der Waals surface area contributed by atoms with E-state index in [0.717, 1.165) is 0 Å². The molecule has 0 unspecified atom stereocenters. The first-order chi connectivity index (χ1) is 4.41. The molecule has 0 aromatic carbocycles. The molecule has 0 aliphatic rings. The minimum absolute atomic E-state index is 1.73. The van der Waals surface area contributed by atoms with Gasteiger partial charge in [0.2, 0.25) is 0 Å². The molecule has 0 aliphatic heterocycles. The second-order valence-corrected chi connectivity index (χ2v) is 1.43. The van der Waals surface area contributed by atoms with E-state index in [2.05, 4.69) is 13.2 Å². The largest absolute Gasteiger partial charge is 0.0858 e. The van der Waals surface area contributed by atoms with Crippen LogP contribution < -0.4 is 0 Å². The predicted octanol–water partition coefficient (Wildman–Crippen LogP) is 2.68. The first-order valence-electron chi connectivity index (χ1n) is 2.82. The quantitative estimate of drug-likeness (QED) is 0.394. The molecule has 46 valence electrons. The van der Waals surface area contributed by atoms with Crippen molar-refractivity contribution in [3.63, 3.8) is 0 Å². The van der Waals surface area contributed by atoms with Crippen LogP contribution in [0.25, 0.3) is 0 Å². The molecule has 0 heteroatoms. The molecule has 0 amide bonds. The molecule has 0 saturated heterocycles. The lowest BCUT2D eigenvalue weighted by atomic mass is 10.3. The molecule has 0 rings (SSSR count). The Morgan fingerprint density at radius 2 is 1.33 bits per heavy atom. The normalized spacial score (nSPS) is 10.2. The Morgan fingerprint density at radius 1 is 0.889 bits per heavy atom. The summed E-state index contributed by atoms with van der Waals surface area (Å²) in [6, 6.07) is 0. The Morgan fingerprint density at radius 3 is 1.67 bits per heavy atom. The van der Waals surface area contributed by atoms with Crippen LogP contribution in [0.3, 0.4) is 0 Å². The average Bonchev–Trinajstić information content (AvgIpc) is 1.89. The standard InChI is InChI=1S/C9H11/c1-3-5-7-9-8-6-4-2/h3-9H,1-2H2/q+1/b7-5+,8-6+. The van der Waals surface area contributed by atoms with Crippen LogP contribution in [0.1, 0.15) is 0 Å². The molecule has 0 spiro atoms. The van der Waals surface area contributed by atoms with Crippen molar-refractivity contribution < 1.29 is 0 Å². The fourth-order valence-corrected chi connectivity index (χ4v) is 0.350. The zero-order valence-electron chi connectivity index (χ0n) is 5.46. The van der Waals surface area contributed by atoms with Gasteiger partial charge in [-0.1, -0.05) is 13.2 Å². The maximum absolute atomic E-state index is 3.53. The average molecular weight is 119 g/mol. The van der Waals surface area contributed by atoms with E-state index in [1.54, 1.807) is 12.2 Å². The van der Waals surface area contributed by atoms with E-state index in [1.165, 1.54) is 0 Å². The van der Waals surface area contributed by atoms with Gasteiger partial charge in [-0.15, -0.1) is 0 Å². The second kappa shape index (κ2) is 6.83. The number of rotatable bonds is 4. The van der Waals surface area contributed by atoms with Gasteiger partial charge in [0, 0.05) is 30.7 Å². The van der Waals surface area contributed by atoms with Gasteiger partial charge in [-0.25, -0.2) is 0 Å². The van der Waals surface area contributed by atoms with Gasteiger partial charge in [0.15, 0.2) is 0 Å². The van der Waals surface area contributed by atoms with Crippen LogP contribution >= 0.6 is 0 Å². The van der Waals surface area contributed by atoms with Crippen molar-refractivity contribution in [3.8, 4) is 0 Å². The topological polar surface area (TPSA) is 0 Å². The zero-order valence-corrected chi connectivity index (χ0v) is 5.46. The van der Waals surface area contributed by atoms with Gasteiger partial charge in [-0.05, 0) is 12.2 Å². The second-order valence-electron chi connectivity index (χ2n) is 1.43. The zero-order chi connectivity index (χ0) is 6.95. The van der Waals surface area contributed by atoms with Gasteiger partial charge in [0.05, 0.1) is 0 Å². The predicted molar refractivity (Wildman–Crippen MR) is 43.0 cm³/mol. The Labute approximate surface area is 56.9 Å². The third-order valence-electron chi connectivity index (χ3n) is 0.717. The van der Waals surface area contributed by atoms with E-state index in [1.807, 2.05) is 30.7 Å². The van der Waals surface area contributed by atoms with Crippen LogP contribution in [-0.4, -0.2) is 0 Å². The Bertz CT molecular complexity index is 111. The third kappa shape index (κ3) is 6.83. The molecule has 0 N–H and O–H groups in total. The van der Waals surface area contributed by atoms with Gasteiger partial charge in [-0.2, -0.15) is 0 Å². The molecule has 0 aliphatic carbocycles. The Balaban J connectivity index is 3.27. The SMILES string of the molecule is C=C/C=C/[CH+]/C=C/C=C. The summed E-state index contributed by atoms with van der Waals surface area (Å²) >= 11 is 0. The summed E-state index contributed by atoms with van der Waals surface area (Å²) in [5, 5.41) is 0. The molecule has 0 fully saturated rings. The fraction of sp³-hybridized carbons (Fsp3) is 0. The molecule has 0 aromatic heterocycles. The van der Waals surface area contributed by atoms with Crippen LogP contribution in [0.5, 0.6) is 0 Å². The van der Waals surface area contributed by atoms with Crippen molar-refractivity contribution in [1.29, 1.82) is 0 Å². The lowest BCUT2D eigenvalue weighted by molar-refractivity contribution is 1.74. The van der Waals surface area contributed by atoms with Crippen molar-refractivity contribution in [2.24, 2.45) is 0 Å². The van der Waals surface area contributed by atoms with Gasteiger partial charge in [0.25, 0.3) is 0 Å². The van der Waals surface area contributed by atoms with Gasteiger partial charge < -0.3 is 0 Å². The summed E-state index contributed by atoms with van der Waals surface area (Å²) in [7, 11) is 0. The Kier molecular flexibility index (Phi) is 5.94. The van der Waals surface area contributed by atoms with E-state index >= 15 is 0 Å². The van der Waals surface area contributed by atoms with Gasteiger partial charge in [-0.3, -0.25) is 0 Å². The molecule has 0 aromatic rings. The van der Waals surface area contributed by atoms with Crippen molar-refractivity contribution in [3.05, 3.63) is 56.0 Å². The van der Waals surface area contributed by atoms with Crippen LogP contribution in [-0.2, 0) is 0 Å².